The summed E-state index contributed by atoms with van der Waals surface area (Å²) in [6.45, 7) is -3.24. The van der Waals surface area contributed by atoms with Crippen molar-refractivity contribution < 1.29 is 27.5 Å². The lowest BCUT2D eigenvalue weighted by molar-refractivity contribution is -0.120. The molecule has 0 aliphatic rings. The van der Waals surface area contributed by atoms with E-state index >= 15 is 0 Å². The first-order valence-electron chi connectivity index (χ1n) is 6.78. The third-order valence-electron chi connectivity index (χ3n) is 2.87. The molecule has 0 saturated carbocycles. The van der Waals surface area contributed by atoms with E-state index in [1.54, 1.807) is 24.3 Å². The molecule has 0 unspecified atom stereocenters. The molecule has 0 aliphatic carbocycles. The number of rotatable bonds is 7. The van der Waals surface area contributed by atoms with Crippen LogP contribution in [-0.2, 0) is 11.3 Å². The number of benzene rings is 1. The molecule has 2 N–H and O–H groups in total. The minimum atomic E-state index is -2.95. The second-order valence-corrected chi connectivity index (χ2v) is 5.33. The smallest absolute Gasteiger partial charge is 0.387 e. The highest BCUT2D eigenvalue weighted by Gasteiger charge is 2.13. The molecule has 2 aromatic rings. The van der Waals surface area contributed by atoms with Gasteiger partial charge in [-0.05, 0) is 34.1 Å². The summed E-state index contributed by atoms with van der Waals surface area (Å²) in [7, 11) is 0. The minimum Gasteiger partial charge on any atom is -0.444 e. The summed E-state index contributed by atoms with van der Waals surface area (Å²) in [5.41, 5.74) is 0.396. The summed E-state index contributed by atoms with van der Waals surface area (Å²) in [5, 5.41) is 4.88. The number of para-hydroxylation sites is 1. The molecule has 0 radical (unpaired) electrons. The molecule has 0 aliphatic heterocycles. The number of amides is 2. The van der Waals surface area contributed by atoms with Gasteiger partial charge in [0.1, 0.15) is 5.75 Å². The molecule has 0 saturated heterocycles. The first-order valence-corrected chi connectivity index (χ1v) is 7.58. The molecule has 128 valence electrons. The van der Waals surface area contributed by atoms with Gasteiger partial charge in [-0.3, -0.25) is 9.59 Å². The highest BCUT2D eigenvalue weighted by Crippen LogP contribution is 2.19. The van der Waals surface area contributed by atoms with Crippen molar-refractivity contribution in [3.05, 3.63) is 52.4 Å². The average Bonchev–Trinajstić information content (AvgIpc) is 2.98. The molecule has 0 atom stereocenters. The van der Waals surface area contributed by atoms with Gasteiger partial charge in [0.25, 0.3) is 5.91 Å². The zero-order valence-corrected chi connectivity index (χ0v) is 13.8. The van der Waals surface area contributed by atoms with E-state index in [0.717, 1.165) is 0 Å². The molecule has 6 nitrogen and oxygen atoms in total. The van der Waals surface area contributed by atoms with Gasteiger partial charge < -0.3 is 19.8 Å². The highest BCUT2D eigenvalue weighted by molar-refractivity contribution is 9.10. The van der Waals surface area contributed by atoms with Gasteiger partial charge >= 0.3 is 6.61 Å². The van der Waals surface area contributed by atoms with E-state index in [-0.39, 0.29) is 24.6 Å². The van der Waals surface area contributed by atoms with Crippen LogP contribution in [0.5, 0.6) is 5.75 Å². The summed E-state index contributed by atoms with van der Waals surface area (Å²) < 4.78 is 34.4. The second kappa shape index (κ2) is 8.44. The molecular formula is C15H13BrF2N2O4. The number of ether oxygens (including phenoxy) is 1. The van der Waals surface area contributed by atoms with Crippen LogP contribution in [0, 0.1) is 0 Å². The van der Waals surface area contributed by atoms with Crippen LogP contribution in [-0.4, -0.2) is 25.0 Å². The van der Waals surface area contributed by atoms with Crippen molar-refractivity contribution in [2.24, 2.45) is 0 Å². The molecule has 1 aromatic heterocycles. The molecule has 9 heteroatoms. The van der Waals surface area contributed by atoms with Gasteiger partial charge in [-0.2, -0.15) is 8.78 Å². The first kappa shape index (κ1) is 17.9. The fourth-order valence-corrected chi connectivity index (χ4v) is 2.11. The van der Waals surface area contributed by atoms with Crippen molar-refractivity contribution in [1.82, 2.24) is 10.6 Å². The lowest BCUT2D eigenvalue weighted by Crippen LogP contribution is -2.36. The number of carbonyl (C=O) groups is 2. The number of hydrogen-bond acceptors (Lipinski definition) is 4. The van der Waals surface area contributed by atoms with Crippen LogP contribution in [0.4, 0.5) is 8.78 Å². The van der Waals surface area contributed by atoms with Crippen LogP contribution in [0.15, 0.2) is 45.5 Å². The Hall–Kier alpha value is -2.42. The number of carbonyl (C=O) groups excluding carboxylic acids is 2. The van der Waals surface area contributed by atoms with Gasteiger partial charge in [0.2, 0.25) is 5.91 Å². The van der Waals surface area contributed by atoms with Crippen molar-refractivity contribution >= 4 is 27.7 Å². The van der Waals surface area contributed by atoms with E-state index in [4.69, 9.17) is 4.42 Å². The molecule has 1 heterocycles. The van der Waals surface area contributed by atoms with Crippen molar-refractivity contribution in [2.45, 2.75) is 13.2 Å². The van der Waals surface area contributed by atoms with Gasteiger partial charge in [-0.15, -0.1) is 0 Å². The molecular weight excluding hydrogens is 390 g/mol. The number of hydrogen-bond donors (Lipinski definition) is 2. The van der Waals surface area contributed by atoms with Crippen LogP contribution in [0.3, 0.4) is 0 Å². The van der Waals surface area contributed by atoms with Crippen molar-refractivity contribution in [1.29, 1.82) is 0 Å². The van der Waals surface area contributed by atoms with E-state index < -0.39 is 18.4 Å². The summed E-state index contributed by atoms with van der Waals surface area (Å²) in [6.07, 6.45) is 0. The fraction of sp³-hybridized carbons (Fsp3) is 0.200. The van der Waals surface area contributed by atoms with Crippen LogP contribution in [0.2, 0.25) is 0 Å². The number of halogens is 3. The molecule has 1 aromatic carbocycles. The molecule has 2 amide bonds. The molecule has 24 heavy (non-hydrogen) atoms. The predicted octanol–water partition coefficient (Wildman–Crippen LogP) is 2.69. The Bertz CT molecular complexity index is 721. The van der Waals surface area contributed by atoms with E-state index in [1.165, 1.54) is 12.1 Å². The standard InChI is InChI=1S/C15H13BrF2N2O4/c16-12-6-5-11(23-12)14(22)20-8-13(21)19-7-9-3-1-2-4-10(9)24-15(17)18/h1-6,15H,7-8H2,(H,19,21)(H,20,22). The number of furan rings is 1. The third-order valence-corrected chi connectivity index (χ3v) is 3.30. The van der Waals surface area contributed by atoms with Crippen LogP contribution in [0.1, 0.15) is 16.1 Å². The van der Waals surface area contributed by atoms with Gasteiger partial charge in [0.05, 0.1) is 6.54 Å². The van der Waals surface area contributed by atoms with Gasteiger partial charge in [0, 0.05) is 12.1 Å². The van der Waals surface area contributed by atoms with Gasteiger partial charge in [0.15, 0.2) is 10.4 Å². The third kappa shape index (κ3) is 5.34. The van der Waals surface area contributed by atoms with E-state index in [9.17, 15) is 18.4 Å². The van der Waals surface area contributed by atoms with Crippen molar-refractivity contribution in [3.8, 4) is 5.75 Å². The van der Waals surface area contributed by atoms with Gasteiger partial charge in [-0.1, -0.05) is 18.2 Å². The SMILES string of the molecule is O=C(CNC(=O)c1ccc(Br)o1)NCc1ccccc1OC(F)F. The Labute approximate surface area is 144 Å². The topological polar surface area (TPSA) is 80.6 Å². The average molecular weight is 403 g/mol. The maximum atomic E-state index is 12.3. The first-order chi connectivity index (χ1) is 11.5. The summed E-state index contributed by atoms with van der Waals surface area (Å²) in [6, 6.07) is 9.12. The summed E-state index contributed by atoms with van der Waals surface area (Å²) >= 11 is 3.06. The molecule has 0 spiro atoms. The largest absolute Gasteiger partial charge is 0.444 e. The normalized spacial score (nSPS) is 10.5. The fourth-order valence-electron chi connectivity index (χ4n) is 1.80. The van der Waals surface area contributed by atoms with Crippen LogP contribution >= 0.6 is 15.9 Å². The quantitative estimate of drug-likeness (QED) is 0.745. The Morgan fingerprint density at radius 1 is 1.17 bits per heavy atom. The zero-order chi connectivity index (χ0) is 17.5. The van der Waals surface area contributed by atoms with E-state index in [2.05, 4.69) is 31.3 Å². The van der Waals surface area contributed by atoms with Crippen LogP contribution < -0.4 is 15.4 Å². The number of alkyl halides is 2. The Balaban J connectivity index is 1.82. The van der Waals surface area contributed by atoms with Crippen molar-refractivity contribution in [2.75, 3.05) is 6.54 Å². The van der Waals surface area contributed by atoms with E-state index in [0.29, 0.717) is 10.2 Å². The van der Waals surface area contributed by atoms with Crippen molar-refractivity contribution in [3.63, 3.8) is 0 Å². The lowest BCUT2D eigenvalue weighted by Gasteiger charge is -2.11. The second-order valence-electron chi connectivity index (χ2n) is 4.55. The maximum absolute atomic E-state index is 12.3. The maximum Gasteiger partial charge on any atom is 0.387 e. The zero-order valence-electron chi connectivity index (χ0n) is 12.2. The summed E-state index contributed by atoms with van der Waals surface area (Å²) in [4.78, 5) is 23.4. The highest BCUT2D eigenvalue weighted by atomic mass is 79.9. The molecule has 2 rings (SSSR count). The molecule has 0 fully saturated rings. The Kier molecular flexibility index (Phi) is 6.30. The Morgan fingerprint density at radius 3 is 2.58 bits per heavy atom. The Morgan fingerprint density at radius 2 is 1.92 bits per heavy atom. The predicted molar refractivity (Wildman–Crippen MR) is 83.7 cm³/mol. The van der Waals surface area contributed by atoms with Gasteiger partial charge in [-0.25, -0.2) is 0 Å². The lowest BCUT2D eigenvalue weighted by atomic mass is 10.2. The minimum absolute atomic E-state index is 0.0100. The summed E-state index contributed by atoms with van der Waals surface area (Å²) in [5.74, 6) is -0.985. The monoisotopic (exact) mass is 402 g/mol. The van der Waals surface area contributed by atoms with E-state index in [1.807, 2.05) is 0 Å². The number of nitrogens with one attached hydrogen (secondary N) is 2. The van der Waals surface area contributed by atoms with Crippen LogP contribution in [0.25, 0.3) is 0 Å². The molecule has 0 bridgehead atoms.